The van der Waals surface area contributed by atoms with Gasteiger partial charge in [0.2, 0.25) is 5.91 Å². The molecule has 3 aromatic rings. The molecule has 0 bridgehead atoms. The maximum Gasteiger partial charge on any atom is 0.216 e. The lowest BCUT2D eigenvalue weighted by Crippen LogP contribution is -2.22. The number of rotatable bonds is 8. The zero-order valence-electron chi connectivity index (χ0n) is 15.1. The van der Waals surface area contributed by atoms with Gasteiger partial charge in [0.15, 0.2) is 22.5 Å². The summed E-state index contributed by atoms with van der Waals surface area (Å²) >= 11 is 1.34. The normalized spacial score (nSPS) is 10.7. The average molecular weight is 384 g/mol. The smallest absolute Gasteiger partial charge is 0.216 e. The van der Waals surface area contributed by atoms with Gasteiger partial charge in [-0.3, -0.25) is 9.59 Å². The quantitative estimate of drug-likeness (QED) is 0.474. The van der Waals surface area contributed by atoms with Crippen molar-refractivity contribution < 1.29 is 14.0 Å². The minimum absolute atomic E-state index is 0.0240. The van der Waals surface area contributed by atoms with Gasteiger partial charge in [-0.25, -0.2) is 0 Å². The highest BCUT2D eigenvalue weighted by Crippen LogP contribution is 2.23. The molecule has 0 atom stereocenters. The van der Waals surface area contributed by atoms with E-state index in [2.05, 4.69) is 15.5 Å². The van der Waals surface area contributed by atoms with E-state index in [-0.39, 0.29) is 17.4 Å². The average Bonchev–Trinajstić information content (AvgIpc) is 3.30. The highest BCUT2D eigenvalue weighted by atomic mass is 32.2. The Labute approximate surface area is 161 Å². The van der Waals surface area contributed by atoms with Crippen molar-refractivity contribution >= 4 is 23.5 Å². The van der Waals surface area contributed by atoms with Crippen molar-refractivity contribution in [1.29, 1.82) is 0 Å². The Bertz CT molecular complexity index is 917. The summed E-state index contributed by atoms with van der Waals surface area (Å²) in [5.41, 5.74) is 1.73. The van der Waals surface area contributed by atoms with Crippen LogP contribution in [0.3, 0.4) is 0 Å². The molecule has 7 nitrogen and oxygen atoms in total. The van der Waals surface area contributed by atoms with Gasteiger partial charge in [-0.15, -0.1) is 10.2 Å². The Morgan fingerprint density at radius 1 is 1.19 bits per heavy atom. The summed E-state index contributed by atoms with van der Waals surface area (Å²) in [6.07, 6.45) is 2.32. The molecule has 0 saturated heterocycles. The minimum atomic E-state index is -0.0437. The summed E-state index contributed by atoms with van der Waals surface area (Å²) in [5.74, 6) is 1.51. The molecule has 0 aliphatic carbocycles. The molecule has 0 radical (unpaired) electrons. The molecule has 27 heavy (non-hydrogen) atoms. The molecule has 0 unspecified atom stereocenters. The first-order valence-electron chi connectivity index (χ1n) is 8.47. The third-order valence-corrected chi connectivity index (χ3v) is 4.99. The fraction of sp³-hybridized carbons (Fsp3) is 0.263. The standard InChI is InChI=1S/C19H20N4O3S/c1-13(24)20-10-9-14-5-7-15(8-6-14)16(25)12-27-19-22-21-18(23(19)2)17-4-3-11-26-17/h3-8,11H,9-10,12H2,1-2H3,(H,20,24). The topological polar surface area (TPSA) is 90.0 Å². The first kappa shape index (κ1) is 18.9. The van der Waals surface area contributed by atoms with E-state index in [0.717, 1.165) is 12.0 Å². The lowest BCUT2D eigenvalue weighted by atomic mass is 10.1. The van der Waals surface area contributed by atoms with E-state index in [1.807, 2.05) is 41.9 Å². The molecule has 1 amide bonds. The molecule has 3 rings (SSSR count). The Kier molecular flexibility index (Phi) is 6.08. The first-order valence-corrected chi connectivity index (χ1v) is 9.46. The predicted octanol–water partition coefficient (Wildman–Crippen LogP) is 2.73. The van der Waals surface area contributed by atoms with Crippen LogP contribution < -0.4 is 5.32 Å². The van der Waals surface area contributed by atoms with Crippen LogP contribution in [0.5, 0.6) is 0 Å². The molecule has 0 aliphatic rings. The van der Waals surface area contributed by atoms with Crippen LogP contribution in [0, 0.1) is 0 Å². The van der Waals surface area contributed by atoms with E-state index in [4.69, 9.17) is 4.42 Å². The van der Waals surface area contributed by atoms with E-state index < -0.39 is 0 Å². The number of nitrogens with one attached hydrogen (secondary N) is 1. The number of Topliss-reactive ketones (excluding diaryl/α,β-unsaturated/α-hetero) is 1. The molecule has 140 valence electrons. The van der Waals surface area contributed by atoms with Gasteiger partial charge in [0.25, 0.3) is 0 Å². The Morgan fingerprint density at radius 3 is 2.63 bits per heavy atom. The van der Waals surface area contributed by atoms with Crippen LogP contribution in [-0.2, 0) is 18.3 Å². The van der Waals surface area contributed by atoms with Crippen molar-refractivity contribution in [1.82, 2.24) is 20.1 Å². The van der Waals surface area contributed by atoms with Crippen LogP contribution >= 0.6 is 11.8 Å². The Morgan fingerprint density at radius 2 is 1.96 bits per heavy atom. The van der Waals surface area contributed by atoms with Gasteiger partial charge in [-0.1, -0.05) is 36.0 Å². The molecule has 0 aliphatic heterocycles. The lowest BCUT2D eigenvalue weighted by Gasteiger charge is -2.05. The van der Waals surface area contributed by atoms with E-state index in [0.29, 0.717) is 28.8 Å². The summed E-state index contributed by atoms with van der Waals surface area (Å²) in [4.78, 5) is 23.3. The maximum atomic E-state index is 12.4. The van der Waals surface area contributed by atoms with Crippen LogP contribution in [0.25, 0.3) is 11.6 Å². The predicted molar refractivity (Wildman–Crippen MR) is 103 cm³/mol. The molecule has 2 aromatic heterocycles. The van der Waals surface area contributed by atoms with Crippen molar-refractivity contribution in [2.24, 2.45) is 7.05 Å². The van der Waals surface area contributed by atoms with E-state index >= 15 is 0 Å². The maximum absolute atomic E-state index is 12.4. The number of ketones is 1. The number of nitrogens with zero attached hydrogens (tertiary/aromatic N) is 3. The van der Waals surface area contributed by atoms with Crippen LogP contribution in [0.4, 0.5) is 0 Å². The number of furan rings is 1. The van der Waals surface area contributed by atoms with Crippen LogP contribution in [0.2, 0.25) is 0 Å². The minimum Gasteiger partial charge on any atom is -0.461 e. The summed E-state index contributed by atoms with van der Waals surface area (Å²) in [6, 6.07) is 11.1. The highest BCUT2D eigenvalue weighted by Gasteiger charge is 2.15. The molecular weight excluding hydrogens is 364 g/mol. The number of thioether (sulfide) groups is 1. The van der Waals surface area contributed by atoms with Gasteiger partial charge in [0.1, 0.15) is 0 Å². The SMILES string of the molecule is CC(=O)NCCc1ccc(C(=O)CSc2nnc(-c3ccco3)n2C)cc1. The van der Waals surface area contributed by atoms with E-state index in [9.17, 15) is 9.59 Å². The number of hydrogen-bond donors (Lipinski definition) is 1. The number of aromatic nitrogens is 3. The largest absolute Gasteiger partial charge is 0.461 e. The second kappa shape index (κ2) is 8.68. The molecule has 2 heterocycles. The Balaban J connectivity index is 1.56. The fourth-order valence-electron chi connectivity index (χ4n) is 2.51. The molecule has 1 N–H and O–H groups in total. The van der Waals surface area contributed by atoms with Crippen molar-refractivity contribution in [2.45, 2.75) is 18.5 Å². The second-order valence-corrected chi connectivity index (χ2v) is 6.93. The number of amides is 1. The Hall–Kier alpha value is -2.87. The van der Waals surface area contributed by atoms with E-state index in [1.165, 1.54) is 18.7 Å². The molecule has 0 fully saturated rings. The molecule has 0 saturated carbocycles. The monoisotopic (exact) mass is 384 g/mol. The molecule has 1 aromatic carbocycles. The fourth-order valence-corrected chi connectivity index (χ4v) is 3.32. The lowest BCUT2D eigenvalue weighted by molar-refractivity contribution is -0.118. The zero-order chi connectivity index (χ0) is 19.2. The number of carbonyl (C=O) groups is 2. The van der Waals surface area contributed by atoms with Gasteiger partial charge in [0.05, 0.1) is 12.0 Å². The van der Waals surface area contributed by atoms with Crippen LogP contribution in [0.1, 0.15) is 22.8 Å². The van der Waals surface area contributed by atoms with Gasteiger partial charge in [-0.05, 0) is 24.1 Å². The second-order valence-electron chi connectivity index (χ2n) is 5.98. The molecule has 0 spiro atoms. The van der Waals surface area contributed by atoms with Crippen LogP contribution in [0.15, 0.2) is 52.2 Å². The van der Waals surface area contributed by atoms with Crippen molar-refractivity contribution in [3.05, 3.63) is 53.8 Å². The number of carbonyl (C=O) groups excluding carboxylic acids is 2. The summed E-state index contributed by atoms with van der Waals surface area (Å²) in [7, 11) is 1.84. The van der Waals surface area contributed by atoms with Gasteiger partial charge in [-0.2, -0.15) is 0 Å². The van der Waals surface area contributed by atoms with Gasteiger partial charge >= 0.3 is 0 Å². The van der Waals surface area contributed by atoms with Crippen molar-refractivity contribution in [3.63, 3.8) is 0 Å². The van der Waals surface area contributed by atoms with Gasteiger partial charge in [0, 0.05) is 26.1 Å². The zero-order valence-corrected chi connectivity index (χ0v) is 16.0. The molecular formula is C19H20N4O3S. The van der Waals surface area contributed by atoms with E-state index in [1.54, 1.807) is 12.3 Å². The summed E-state index contributed by atoms with van der Waals surface area (Å²) in [6.45, 7) is 2.08. The van der Waals surface area contributed by atoms with Gasteiger partial charge < -0.3 is 14.3 Å². The summed E-state index contributed by atoms with van der Waals surface area (Å²) in [5, 5.41) is 11.7. The third kappa shape index (κ3) is 4.85. The van der Waals surface area contributed by atoms with Crippen LogP contribution in [-0.4, -0.2) is 38.8 Å². The first-order chi connectivity index (χ1) is 13.0. The highest BCUT2D eigenvalue weighted by molar-refractivity contribution is 7.99. The van der Waals surface area contributed by atoms with Crippen molar-refractivity contribution in [3.8, 4) is 11.6 Å². The number of benzene rings is 1. The molecule has 8 heteroatoms. The summed E-state index contributed by atoms with van der Waals surface area (Å²) < 4.78 is 7.15. The number of hydrogen-bond acceptors (Lipinski definition) is 6. The van der Waals surface area contributed by atoms with Crippen molar-refractivity contribution in [2.75, 3.05) is 12.3 Å². The third-order valence-electron chi connectivity index (χ3n) is 3.97.